The monoisotopic (exact) mass is 289 g/mol. The van der Waals surface area contributed by atoms with Crippen LogP contribution >= 0.6 is 34.5 Å². The van der Waals surface area contributed by atoms with Crippen LogP contribution < -0.4 is 4.72 Å². The van der Waals surface area contributed by atoms with Crippen LogP contribution in [0.1, 0.15) is 6.42 Å². The molecule has 1 aromatic heterocycles. The van der Waals surface area contributed by atoms with E-state index in [0.29, 0.717) is 10.8 Å². The molecule has 0 radical (unpaired) electrons. The van der Waals surface area contributed by atoms with Crippen molar-refractivity contribution < 1.29 is 13.5 Å². The number of nitrogens with one attached hydrogen (secondary N) is 1. The normalized spacial score (nSPS) is 11.9. The Bertz CT molecular complexity index is 429. The molecule has 0 fully saturated rings. The SMILES string of the molecule is O=S(=O)(NCCCO)c1cc(Cl)sc1Cl. The molecule has 0 aliphatic heterocycles. The average molecular weight is 290 g/mol. The highest BCUT2D eigenvalue weighted by molar-refractivity contribution is 7.89. The molecule has 2 N–H and O–H groups in total. The maximum absolute atomic E-state index is 11.6. The van der Waals surface area contributed by atoms with E-state index in [1.54, 1.807) is 0 Å². The molecule has 0 spiro atoms. The summed E-state index contributed by atoms with van der Waals surface area (Å²) in [4.78, 5) is -0.0166. The molecule has 0 atom stereocenters. The third kappa shape index (κ3) is 3.58. The molecule has 0 aliphatic rings. The van der Waals surface area contributed by atoms with Gasteiger partial charge in [0.15, 0.2) is 0 Å². The molecule has 1 aromatic rings. The molecule has 0 amide bonds. The van der Waals surface area contributed by atoms with Crippen molar-refractivity contribution in [3.05, 3.63) is 14.7 Å². The van der Waals surface area contributed by atoms with Gasteiger partial charge in [-0.2, -0.15) is 0 Å². The largest absolute Gasteiger partial charge is 0.396 e. The molecule has 15 heavy (non-hydrogen) atoms. The van der Waals surface area contributed by atoms with Gasteiger partial charge in [-0.25, -0.2) is 13.1 Å². The van der Waals surface area contributed by atoms with E-state index in [2.05, 4.69) is 4.72 Å². The second-order valence-corrected chi connectivity index (χ2v) is 6.68. The average Bonchev–Trinajstić information content (AvgIpc) is 2.46. The zero-order chi connectivity index (χ0) is 11.5. The minimum Gasteiger partial charge on any atom is -0.396 e. The first-order valence-electron chi connectivity index (χ1n) is 4.02. The Morgan fingerprint density at radius 2 is 2.13 bits per heavy atom. The standard InChI is InChI=1S/C7H9Cl2NO3S2/c8-6-4-5(7(9)14-6)15(12,13)10-2-1-3-11/h4,10-11H,1-3H2. The molecule has 86 valence electrons. The molecule has 0 aromatic carbocycles. The number of rotatable bonds is 5. The van der Waals surface area contributed by atoms with Crippen LogP contribution in [0.2, 0.25) is 8.67 Å². The van der Waals surface area contributed by atoms with Gasteiger partial charge >= 0.3 is 0 Å². The first-order valence-corrected chi connectivity index (χ1v) is 7.08. The molecule has 0 aliphatic carbocycles. The molecule has 1 rings (SSSR count). The lowest BCUT2D eigenvalue weighted by Gasteiger charge is -2.03. The first kappa shape index (κ1) is 13.2. The second kappa shape index (κ2) is 5.47. The number of hydrogen-bond donors (Lipinski definition) is 2. The zero-order valence-corrected chi connectivity index (χ0v) is 10.7. The number of halogens is 2. The van der Waals surface area contributed by atoms with Crippen LogP contribution in [0.15, 0.2) is 11.0 Å². The topological polar surface area (TPSA) is 66.4 Å². The summed E-state index contributed by atoms with van der Waals surface area (Å²) in [5, 5.41) is 8.51. The van der Waals surface area contributed by atoms with Gasteiger partial charge in [0, 0.05) is 13.2 Å². The van der Waals surface area contributed by atoms with E-state index in [4.69, 9.17) is 28.3 Å². The fraction of sp³-hybridized carbons (Fsp3) is 0.429. The van der Waals surface area contributed by atoms with E-state index in [1.807, 2.05) is 0 Å². The number of sulfonamides is 1. The Labute approximate surface area is 102 Å². The predicted octanol–water partition coefficient (Wildman–Crippen LogP) is 1.72. The Kier molecular flexibility index (Phi) is 4.82. The third-order valence-electron chi connectivity index (χ3n) is 1.54. The highest BCUT2D eigenvalue weighted by Crippen LogP contribution is 2.33. The van der Waals surface area contributed by atoms with Crippen molar-refractivity contribution in [2.75, 3.05) is 13.2 Å². The minimum absolute atomic E-state index is 0.0166. The van der Waals surface area contributed by atoms with Crippen LogP contribution in [0.25, 0.3) is 0 Å². The lowest BCUT2D eigenvalue weighted by atomic mass is 10.5. The predicted molar refractivity (Wildman–Crippen MR) is 61.2 cm³/mol. The highest BCUT2D eigenvalue weighted by atomic mass is 35.5. The molecular weight excluding hydrogens is 281 g/mol. The lowest BCUT2D eigenvalue weighted by molar-refractivity contribution is 0.289. The Morgan fingerprint density at radius 1 is 1.47 bits per heavy atom. The summed E-state index contributed by atoms with van der Waals surface area (Å²) in [6, 6.07) is 1.30. The second-order valence-electron chi connectivity index (χ2n) is 2.66. The van der Waals surface area contributed by atoms with Gasteiger partial charge in [0.05, 0.1) is 4.34 Å². The summed E-state index contributed by atoms with van der Waals surface area (Å²) >= 11 is 12.3. The molecule has 0 bridgehead atoms. The van der Waals surface area contributed by atoms with Gasteiger partial charge < -0.3 is 5.11 Å². The Hall–Kier alpha value is 0.150. The molecule has 8 heteroatoms. The van der Waals surface area contributed by atoms with E-state index in [9.17, 15) is 8.42 Å². The van der Waals surface area contributed by atoms with Crippen LogP contribution in [-0.4, -0.2) is 26.7 Å². The number of aliphatic hydroxyl groups excluding tert-OH is 1. The molecule has 0 saturated heterocycles. The van der Waals surface area contributed by atoms with Crippen LogP contribution in [0.4, 0.5) is 0 Å². The van der Waals surface area contributed by atoms with Crippen molar-refractivity contribution in [1.29, 1.82) is 0 Å². The summed E-state index contributed by atoms with van der Waals surface area (Å²) in [6.45, 7) is 0.100. The van der Waals surface area contributed by atoms with Gasteiger partial charge in [-0.3, -0.25) is 0 Å². The van der Waals surface area contributed by atoms with Crippen LogP contribution in [0.5, 0.6) is 0 Å². The maximum Gasteiger partial charge on any atom is 0.242 e. The number of thiophene rings is 1. The van der Waals surface area contributed by atoms with Crippen molar-refractivity contribution in [2.45, 2.75) is 11.3 Å². The van der Waals surface area contributed by atoms with Gasteiger partial charge in [0.2, 0.25) is 10.0 Å². The van der Waals surface area contributed by atoms with Gasteiger partial charge in [-0.15, -0.1) is 11.3 Å². The van der Waals surface area contributed by atoms with Crippen molar-refractivity contribution in [2.24, 2.45) is 0 Å². The van der Waals surface area contributed by atoms with E-state index in [-0.39, 0.29) is 22.4 Å². The summed E-state index contributed by atoms with van der Waals surface area (Å²) in [5.41, 5.74) is 0. The number of hydrogen-bond acceptors (Lipinski definition) is 4. The Balaban J connectivity index is 2.82. The van der Waals surface area contributed by atoms with E-state index >= 15 is 0 Å². The van der Waals surface area contributed by atoms with Crippen LogP contribution in [0, 0.1) is 0 Å². The van der Waals surface area contributed by atoms with Crippen molar-refractivity contribution in [3.63, 3.8) is 0 Å². The molecule has 0 unspecified atom stereocenters. The summed E-state index contributed by atoms with van der Waals surface area (Å²) in [5.74, 6) is 0. The molecule has 1 heterocycles. The zero-order valence-electron chi connectivity index (χ0n) is 7.53. The van der Waals surface area contributed by atoms with E-state index < -0.39 is 10.0 Å². The van der Waals surface area contributed by atoms with Gasteiger partial charge in [-0.05, 0) is 12.5 Å². The summed E-state index contributed by atoms with van der Waals surface area (Å²) < 4.78 is 26.0. The lowest BCUT2D eigenvalue weighted by Crippen LogP contribution is -2.25. The van der Waals surface area contributed by atoms with E-state index in [1.165, 1.54) is 6.07 Å². The third-order valence-corrected chi connectivity index (χ3v) is 4.76. The van der Waals surface area contributed by atoms with Gasteiger partial charge in [-0.1, -0.05) is 23.2 Å². The van der Waals surface area contributed by atoms with Crippen LogP contribution in [0.3, 0.4) is 0 Å². The summed E-state index contributed by atoms with van der Waals surface area (Å²) in [6.07, 6.45) is 0.356. The van der Waals surface area contributed by atoms with Gasteiger partial charge in [0.25, 0.3) is 0 Å². The Morgan fingerprint density at radius 3 is 2.60 bits per heavy atom. The fourth-order valence-corrected chi connectivity index (χ4v) is 4.09. The quantitative estimate of drug-likeness (QED) is 0.811. The summed E-state index contributed by atoms with van der Waals surface area (Å²) in [7, 11) is -3.61. The minimum atomic E-state index is -3.61. The van der Waals surface area contributed by atoms with Crippen molar-refractivity contribution in [3.8, 4) is 0 Å². The smallest absolute Gasteiger partial charge is 0.242 e. The van der Waals surface area contributed by atoms with Crippen molar-refractivity contribution >= 4 is 44.6 Å². The van der Waals surface area contributed by atoms with Crippen molar-refractivity contribution in [1.82, 2.24) is 4.72 Å². The fourth-order valence-electron chi connectivity index (χ4n) is 0.872. The highest BCUT2D eigenvalue weighted by Gasteiger charge is 2.20. The first-order chi connectivity index (χ1) is 6.97. The number of aliphatic hydroxyl groups is 1. The molecule has 0 saturated carbocycles. The maximum atomic E-state index is 11.6. The molecular formula is C7H9Cl2NO3S2. The van der Waals surface area contributed by atoms with Gasteiger partial charge in [0.1, 0.15) is 9.23 Å². The van der Waals surface area contributed by atoms with E-state index in [0.717, 1.165) is 11.3 Å². The molecule has 4 nitrogen and oxygen atoms in total. The van der Waals surface area contributed by atoms with Crippen LogP contribution in [-0.2, 0) is 10.0 Å².